The van der Waals surface area contributed by atoms with Crippen molar-refractivity contribution in [3.8, 4) is 11.5 Å². The van der Waals surface area contributed by atoms with Crippen molar-refractivity contribution in [2.45, 2.75) is 19.9 Å². The molecule has 1 heterocycles. The summed E-state index contributed by atoms with van der Waals surface area (Å²) >= 11 is 7.41. The largest absolute Gasteiger partial charge is 0.492 e. The zero-order valence-corrected chi connectivity index (χ0v) is 16.8. The molecule has 8 heteroatoms. The van der Waals surface area contributed by atoms with Crippen LogP contribution in [0.15, 0.2) is 23.4 Å². The number of hydrogen-bond acceptors (Lipinski definition) is 5. The molecular weight excluding hydrogens is 443 g/mol. The SMILES string of the molecule is CCOc1cc(C2NC(=S)NC(C)=C2C(=O)OC)cc(I)c1OC. The molecule has 0 radical (unpaired) electrons. The third-order valence-corrected chi connectivity index (χ3v) is 4.56. The number of halogens is 1. The summed E-state index contributed by atoms with van der Waals surface area (Å²) in [5.41, 5.74) is 1.99. The average Bonchev–Trinajstić information content (AvgIpc) is 2.53. The maximum Gasteiger partial charge on any atom is 0.337 e. The Morgan fingerprint density at radius 2 is 2.08 bits per heavy atom. The van der Waals surface area contributed by atoms with E-state index in [-0.39, 0.29) is 0 Å². The van der Waals surface area contributed by atoms with Crippen molar-refractivity contribution in [2.75, 3.05) is 20.8 Å². The van der Waals surface area contributed by atoms with Crippen molar-refractivity contribution in [3.63, 3.8) is 0 Å². The first-order valence-corrected chi connectivity index (χ1v) is 8.78. The standard InChI is InChI=1S/C16H19IN2O4S/c1-5-23-11-7-9(6-10(17)14(11)21-3)13-12(15(20)22-4)8(2)18-16(24)19-13/h6-7,13H,5H2,1-4H3,(H2,18,19,24). The number of methoxy groups -OCH3 is 2. The maximum absolute atomic E-state index is 12.2. The minimum atomic E-state index is -0.426. The fourth-order valence-electron chi connectivity index (χ4n) is 2.54. The quantitative estimate of drug-likeness (QED) is 0.396. The van der Waals surface area contributed by atoms with Crippen LogP contribution in [0, 0.1) is 3.57 Å². The molecule has 1 atom stereocenters. The molecule has 0 spiro atoms. The number of ether oxygens (including phenoxy) is 3. The Kier molecular flexibility index (Phi) is 6.27. The van der Waals surface area contributed by atoms with E-state index in [0.29, 0.717) is 34.5 Å². The molecule has 1 aliphatic rings. The lowest BCUT2D eigenvalue weighted by Crippen LogP contribution is -2.45. The molecule has 0 aromatic heterocycles. The highest BCUT2D eigenvalue weighted by atomic mass is 127. The van der Waals surface area contributed by atoms with Crippen LogP contribution in [0.4, 0.5) is 0 Å². The van der Waals surface area contributed by atoms with Crippen LogP contribution in [0.25, 0.3) is 0 Å². The van der Waals surface area contributed by atoms with Crippen LogP contribution >= 0.6 is 34.8 Å². The van der Waals surface area contributed by atoms with E-state index in [1.807, 2.05) is 19.1 Å². The Morgan fingerprint density at radius 1 is 1.38 bits per heavy atom. The second-order valence-electron chi connectivity index (χ2n) is 5.03. The van der Waals surface area contributed by atoms with Crippen LogP contribution in [0.1, 0.15) is 25.5 Å². The van der Waals surface area contributed by atoms with E-state index in [4.69, 9.17) is 26.4 Å². The van der Waals surface area contributed by atoms with Crippen molar-refractivity contribution in [2.24, 2.45) is 0 Å². The number of carbonyl (C=O) groups is 1. The summed E-state index contributed by atoms with van der Waals surface area (Å²) in [6.07, 6.45) is 0. The van der Waals surface area contributed by atoms with Gasteiger partial charge in [0.1, 0.15) is 0 Å². The number of rotatable bonds is 5. The topological polar surface area (TPSA) is 68.8 Å². The van der Waals surface area contributed by atoms with Crippen molar-refractivity contribution in [3.05, 3.63) is 32.5 Å². The van der Waals surface area contributed by atoms with Crippen LogP contribution in [-0.4, -0.2) is 31.9 Å². The van der Waals surface area contributed by atoms with Crippen LogP contribution < -0.4 is 20.1 Å². The first-order chi connectivity index (χ1) is 11.4. The van der Waals surface area contributed by atoms with Gasteiger partial charge < -0.3 is 24.8 Å². The Hall–Kier alpha value is -1.55. The van der Waals surface area contributed by atoms with Crippen LogP contribution in [-0.2, 0) is 9.53 Å². The van der Waals surface area contributed by atoms with Gasteiger partial charge in [0.25, 0.3) is 0 Å². The zero-order valence-electron chi connectivity index (χ0n) is 13.9. The van der Waals surface area contributed by atoms with Gasteiger partial charge in [-0.1, -0.05) is 0 Å². The summed E-state index contributed by atoms with van der Waals surface area (Å²) in [5, 5.41) is 6.54. The number of nitrogens with one attached hydrogen (secondary N) is 2. The molecule has 24 heavy (non-hydrogen) atoms. The Balaban J connectivity index is 2.57. The van der Waals surface area contributed by atoms with Gasteiger partial charge in [0.15, 0.2) is 16.6 Å². The molecule has 0 bridgehead atoms. The molecule has 130 valence electrons. The minimum absolute atomic E-state index is 0.413. The minimum Gasteiger partial charge on any atom is -0.492 e. The Bertz CT molecular complexity index is 706. The number of allylic oxidation sites excluding steroid dienone is 1. The molecule has 2 N–H and O–H groups in total. The fraction of sp³-hybridized carbons (Fsp3) is 0.375. The van der Waals surface area contributed by atoms with Crippen molar-refractivity contribution < 1.29 is 19.0 Å². The normalized spacial score (nSPS) is 17.0. The highest BCUT2D eigenvalue weighted by Gasteiger charge is 2.31. The van der Waals surface area contributed by atoms with E-state index in [1.54, 1.807) is 14.0 Å². The molecule has 0 fully saturated rings. The third-order valence-electron chi connectivity index (χ3n) is 3.54. The van der Waals surface area contributed by atoms with Gasteiger partial charge in [0, 0.05) is 5.70 Å². The molecule has 1 aliphatic heterocycles. The molecule has 1 aromatic carbocycles. The summed E-state index contributed by atoms with van der Waals surface area (Å²) < 4.78 is 16.9. The highest BCUT2D eigenvalue weighted by molar-refractivity contribution is 14.1. The maximum atomic E-state index is 12.2. The van der Waals surface area contributed by atoms with Gasteiger partial charge in [0.05, 0.1) is 36.0 Å². The first kappa shape index (κ1) is 18.8. The molecule has 6 nitrogen and oxygen atoms in total. The molecule has 0 saturated heterocycles. The number of benzene rings is 1. The summed E-state index contributed by atoms with van der Waals surface area (Å²) in [6, 6.07) is 3.36. The van der Waals surface area contributed by atoms with Crippen LogP contribution in [0.2, 0.25) is 0 Å². The molecule has 1 aromatic rings. The number of thiocarbonyl (C=S) groups is 1. The van der Waals surface area contributed by atoms with E-state index < -0.39 is 12.0 Å². The summed E-state index contributed by atoms with van der Waals surface area (Å²) in [5.74, 6) is 0.872. The Morgan fingerprint density at radius 3 is 2.67 bits per heavy atom. The van der Waals surface area contributed by atoms with E-state index in [1.165, 1.54) is 7.11 Å². The monoisotopic (exact) mass is 462 g/mol. The second-order valence-corrected chi connectivity index (χ2v) is 6.60. The molecule has 0 saturated carbocycles. The molecule has 0 amide bonds. The summed E-state index contributed by atoms with van der Waals surface area (Å²) in [4.78, 5) is 12.2. The number of carbonyl (C=O) groups excluding carboxylic acids is 1. The van der Waals surface area contributed by atoms with E-state index in [2.05, 4.69) is 33.2 Å². The second kappa shape index (κ2) is 8.02. The van der Waals surface area contributed by atoms with Crippen LogP contribution in [0.3, 0.4) is 0 Å². The van der Waals surface area contributed by atoms with Gasteiger partial charge in [-0.05, 0) is 66.4 Å². The third kappa shape index (κ3) is 3.75. The van der Waals surface area contributed by atoms with Gasteiger partial charge in [-0.25, -0.2) is 4.79 Å². The molecular formula is C16H19IN2O4S. The lowest BCUT2D eigenvalue weighted by atomic mass is 9.95. The van der Waals surface area contributed by atoms with Gasteiger partial charge in [-0.2, -0.15) is 0 Å². The molecule has 0 aliphatic carbocycles. The highest BCUT2D eigenvalue weighted by Crippen LogP contribution is 2.38. The fourth-order valence-corrected chi connectivity index (χ4v) is 3.66. The van der Waals surface area contributed by atoms with E-state index >= 15 is 0 Å². The predicted octanol–water partition coefficient (Wildman–Crippen LogP) is 2.66. The lowest BCUT2D eigenvalue weighted by Gasteiger charge is -2.30. The lowest BCUT2D eigenvalue weighted by molar-refractivity contribution is -0.136. The van der Waals surface area contributed by atoms with E-state index in [0.717, 1.165) is 9.13 Å². The first-order valence-electron chi connectivity index (χ1n) is 7.29. The van der Waals surface area contributed by atoms with E-state index in [9.17, 15) is 4.79 Å². The van der Waals surface area contributed by atoms with Crippen molar-refractivity contribution in [1.29, 1.82) is 0 Å². The molecule has 1 unspecified atom stereocenters. The zero-order chi connectivity index (χ0) is 17.9. The Labute approximate surface area is 160 Å². The van der Waals surface area contributed by atoms with Crippen molar-refractivity contribution in [1.82, 2.24) is 10.6 Å². The number of hydrogen-bond donors (Lipinski definition) is 2. The smallest absolute Gasteiger partial charge is 0.337 e. The van der Waals surface area contributed by atoms with Gasteiger partial charge >= 0.3 is 5.97 Å². The summed E-state index contributed by atoms with van der Waals surface area (Å²) in [7, 11) is 2.96. The number of esters is 1. The van der Waals surface area contributed by atoms with Gasteiger partial charge in [-0.15, -0.1) is 0 Å². The van der Waals surface area contributed by atoms with Crippen molar-refractivity contribution >= 4 is 45.9 Å². The van der Waals surface area contributed by atoms with Gasteiger partial charge in [0.2, 0.25) is 0 Å². The van der Waals surface area contributed by atoms with Crippen LogP contribution in [0.5, 0.6) is 11.5 Å². The predicted molar refractivity (Wildman–Crippen MR) is 103 cm³/mol. The summed E-state index contributed by atoms with van der Waals surface area (Å²) in [6.45, 7) is 4.21. The molecule has 2 rings (SSSR count). The van der Waals surface area contributed by atoms with Gasteiger partial charge in [-0.3, -0.25) is 0 Å². The average molecular weight is 462 g/mol.